The average Bonchev–Trinajstić information content (AvgIpc) is 2.81. The third-order valence-corrected chi connectivity index (χ3v) is 5.82. The second-order valence-corrected chi connectivity index (χ2v) is 7.53. The molecule has 1 aliphatic carbocycles. The van der Waals surface area contributed by atoms with Crippen LogP contribution in [0, 0.1) is 0 Å². The highest BCUT2D eigenvalue weighted by molar-refractivity contribution is 9.10. The molecule has 0 radical (unpaired) electrons. The molecule has 0 bridgehead atoms. The van der Waals surface area contributed by atoms with Gasteiger partial charge in [0.05, 0.1) is 6.42 Å². The van der Waals surface area contributed by atoms with Crippen LogP contribution in [-0.2, 0) is 11.2 Å². The van der Waals surface area contributed by atoms with Gasteiger partial charge in [-0.1, -0.05) is 22.0 Å². The van der Waals surface area contributed by atoms with Gasteiger partial charge in [0.1, 0.15) is 0 Å². The Morgan fingerprint density at radius 2 is 2.35 bits per heavy atom. The molecule has 3 nitrogen and oxygen atoms in total. The van der Waals surface area contributed by atoms with Crippen molar-refractivity contribution in [2.75, 3.05) is 18.1 Å². The maximum Gasteiger partial charge on any atom is 0.304 e. The predicted octanol–water partition coefficient (Wildman–Crippen LogP) is 3.33. The summed E-state index contributed by atoms with van der Waals surface area (Å²) in [7, 11) is 0. The number of rotatable bonds is 3. The van der Waals surface area contributed by atoms with Crippen molar-refractivity contribution in [1.82, 2.24) is 4.90 Å². The summed E-state index contributed by atoms with van der Waals surface area (Å²) in [5.41, 5.74) is 2.81. The summed E-state index contributed by atoms with van der Waals surface area (Å²) in [6.45, 7) is 1.00. The second-order valence-electron chi connectivity index (χ2n) is 5.46. The van der Waals surface area contributed by atoms with Crippen molar-refractivity contribution in [3.63, 3.8) is 0 Å². The molecule has 1 aliphatic heterocycles. The molecule has 2 aliphatic rings. The van der Waals surface area contributed by atoms with Crippen molar-refractivity contribution in [2.24, 2.45) is 0 Å². The lowest BCUT2D eigenvalue weighted by Gasteiger charge is -2.39. The van der Waals surface area contributed by atoms with Gasteiger partial charge in [-0.05, 0) is 36.1 Å². The molecule has 20 heavy (non-hydrogen) atoms. The average molecular weight is 356 g/mol. The number of aryl methyl sites for hydroxylation is 1. The molecule has 1 saturated heterocycles. The van der Waals surface area contributed by atoms with Gasteiger partial charge in [0.25, 0.3) is 0 Å². The lowest BCUT2D eigenvalue weighted by Crippen LogP contribution is -2.45. The summed E-state index contributed by atoms with van der Waals surface area (Å²) in [6.07, 6.45) is 2.48. The first-order valence-corrected chi connectivity index (χ1v) is 8.93. The van der Waals surface area contributed by atoms with E-state index in [1.54, 1.807) is 0 Å². The van der Waals surface area contributed by atoms with E-state index in [2.05, 4.69) is 39.0 Å². The van der Waals surface area contributed by atoms with E-state index in [9.17, 15) is 4.79 Å². The minimum atomic E-state index is -0.684. The van der Waals surface area contributed by atoms with Gasteiger partial charge in [-0.2, -0.15) is 11.8 Å². The first-order valence-electron chi connectivity index (χ1n) is 6.99. The molecule has 0 saturated carbocycles. The van der Waals surface area contributed by atoms with Crippen LogP contribution in [0.2, 0.25) is 0 Å². The molecule has 2 unspecified atom stereocenters. The summed E-state index contributed by atoms with van der Waals surface area (Å²) >= 11 is 5.41. The number of hydrogen-bond acceptors (Lipinski definition) is 3. The van der Waals surface area contributed by atoms with Crippen LogP contribution in [0.1, 0.15) is 30.0 Å². The Bertz CT molecular complexity index is 523. The van der Waals surface area contributed by atoms with Gasteiger partial charge >= 0.3 is 5.97 Å². The fourth-order valence-electron chi connectivity index (χ4n) is 3.36. The van der Waals surface area contributed by atoms with Crippen LogP contribution in [0.15, 0.2) is 22.7 Å². The highest BCUT2D eigenvalue weighted by atomic mass is 79.9. The second kappa shape index (κ2) is 6.08. The number of nitrogens with zero attached hydrogens (tertiary/aromatic N) is 1. The lowest BCUT2D eigenvalue weighted by atomic mass is 10.0. The zero-order valence-corrected chi connectivity index (χ0v) is 13.6. The van der Waals surface area contributed by atoms with Crippen LogP contribution in [0.3, 0.4) is 0 Å². The molecule has 2 atom stereocenters. The minimum absolute atomic E-state index is 0.172. The van der Waals surface area contributed by atoms with E-state index in [1.165, 1.54) is 11.1 Å². The standard InChI is InChI=1S/C15H18BrNO2S/c16-11-2-3-13-10(7-11)1-4-14(13)17-5-6-20-9-12(17)8-15(18)19/h2-3,7,12,14H,1,4-6,8-9H2,(H,18,19). The van der Waals surface area contributed by atoms with Crippen LogP contribution in [0.4, 0.5) is 0 Å². The van der Waals surface area contributed by atoms with Gasteiger partial charge in [0, 0.05) is 34.6 Å². The molecule has 0 amide bonds. The normalized spacial score (nSPS) is 26.4. The summed E-state index contributed by atoms with van der Waals surface area (Å²) in [5.74, 6) is 1.36. The van der Waals surface area contributed by atoms with E-state index in [1.807, 2.05) is 11.8 Å². The first-order chi connectivity index (χ1) is 9.65. The Kier molecular flexibility index (Phi) is 4.38. The first kappa shape index (κ1) is 14.4. The van der Waals surface area contributed by atoms with Crippen LogP contribution >= 0.6 is 27.7 Å². The van der Waals surface area contributed by atoms with Gasteiger partial charge < -0.3 is 5.11 Å². The molecule has 1 N–H and O–H groups in total. The van der Waals surface area contributed by atoms with E-state index in [-0.39, 0.29) is 12.5 Å². The van der Waals surface area contributed by atoms with E-state index in [4.69, 9.17) is 5.11 Å². The van der Waals surface area contributed by atoms with E-state index >= 15 is 0 Å². The Labute approximate surface area is 131 Å². The smallest absolute Gasteiger partial charge is 0.304 e. The molecular weight excluding hydrogens is 338 g/mol. The van der Waals surface area contributed by atoms with Crippen molar-refractivity contribution in [2.45, 2.75) is 31.3 Å². The molecule has 1 fully saturated rings. The number of thioether (sulfide) groups is 1. The molecule has 5 heteroatoms. The molecular formula is C15H18BrNO2S. The summed E-state index contributed by atoms with van der Waals surface area (Å²) in [6, 6.07) is 7.09. The predicted molar refractivity (Wildman–Crippen MR) is 85.3 cm³/mol. The highest BCUT2D eigenvalue weighted by Gasteiger charge is 2.34. The molecule has 3 rings (SSSR count). The monoisotopic (exact) mass is 355 g/mol. The van der Waals surface area contributed by atoms with Gasteiger partial charge in [0.2, 0.25) is 0 Å². The quantitative estimate of drug-likeness (QED) is 0.902. The van der Waals surface area contributed by atoms with Gasteiger partial charge in [-0.25, -0.2) is 0 Å². The number of benzene rings is 1. The SMILES string of the molecule is O=C(O)CC1CSCCN1C1CCc2cc(Br)ccc21. The fourth-order valence-corrected chi connectivity index (χ4v) is 4.86. The number of halogens is 1. The number of fused-ring (bicyclic) bond motifs is 1. The fraction of sp³-hybridized carbons (Fsp3) is 0.533. The van der Waals surface area contributed by atoms with Crippen LogP contribution in [0.5, 0.6) is 0 Å². The van der Waals surface area contributed by atoms with E-state index < -0.39 is 5.97 Å². The largest absolute Gasteiger partial charge is 0.481 e. The highest BCUT2D eigenvalue weighted by Crippen LogP contribution is 2.40. The van der Waals surface area contributed by atoms with Crippen molar-refractivity contribution in [3.05, 3.63) is 33.8 Å². The van der Waals surface area contributed by atoms with Crippen molar-refractivity contribution in [3.8, 4) is 0 Å². The maximum atomic E-state index is 11.1. The third kappa shape index (κ3) is 2.90. The molecule has 1 heterocycles. The lowest BCUT2D eigenvalue weighted by molar-refractivity contribution is -0.138. The van der Waals surface area contributed by atoms with Crippen molar-refractivity contribution in [1.29, 1.82) is 0 Å². The van der Waals surface area contributed by atoms with E-state index in [0.717, 1.165) is 35.4 Å². The summed E-state index contributed by atoms with van der Waals surface area (Å²) in [4.78, 5) is 13.5. The number of aliphatic carboxylic acids is 1. The van der Waals surface area contributed by atoms with Gasteiger partial charge in [-0.15, -0.1) is 0 Å². The maximum absolute atomic E-state index is 11.1. The topological polar surface area (TPSA) is 40.5 Å². The summed E-state index contributed by atoms with van der Waals surface area (Å²) in [5, 5.41) is 9.12. The summed E-state index contributed by atoms with van der Waals surface area (Å²) < 4.78 is 1.13. The molecule has 108 valence electrons. The van der Waals surface area contributed by atoms with Crippen LogP contribution in [-0.4, -0.2) is 40.1 Å². The van der Waals surface area contributed by atoms with Crippen molar-refractivity contribution < 1.29 is 9.90 Å². The molecule has 0 aromatic heterocycles. The van der Waals surface area contributed by atoms with Crippen LogP contribution < -0.4 is 0 Å². The molecule has 1 aromatic rings. The van der Waals surface area contributed by atoms with Gasteiger partial charge in [-0.3, -0.25) is 9.69 Å². The number of hydrogen-bond donors (Lipinski definition) is 1. The Hall–Kier alpha value is -0.520. The van der Waals surface area contributed by atoms with Crippen LogP contribution in [0.25, 0.3) is 0 Å². The van der Waals surface area contributed by atoms with E-state index in [0.29, 0.717) is 6.04 Å². The number of carboxylic acids is 1. The zero-order valence-electron chi connectivity index (χ0n) is 11.2. The Balaban J connectivity index is 1.83. The number of carbonyl (C=O) groups is 1. The number of carboxylic acid groups (broad SMARTS) is 1. The Morgan fingerprint density at radius 1 is 1.50 bits per heavy atom. The zero-order chi connectivity index (χ0) is 14.1. The minimum Gasteiger partial charge on any atom is -0.481 e. The molecule has 1 aromatic carbocycles. The van der Waals surface area contributed by atoms with Gasteiger partial charge in [0.15, 0.2) is 0 Å². The third-order valence-electron chi connectivity index (χ3n) is 4.23. The Morgan fingerprint density at radius 3 is 3.15 bits per heavy atom. The van der Waals surface area contributed by atoms with Crippen molar-refractivity contribution >= 4 is 33.7 Å². The molecule has 0 spiro atoms.